The normalized spacial score (nSPS) is 12.2. The maximum Gasteiger partial charge on any atom is 0.305 e. The minimum atomic E-state index is -0.732. The zero-order valence-corrected chi connectivity index (χ0v) is 12.2. The lowest BCUT2D eigenvalue weighted by molar-refractivity contribution is -0.136. The SMILES string of the molecule is CCCC(CC)N(CCC(=O)O)c1ccccc1C. The lowest BCUT2D eigenvalue weighted by Crippen LogP contribution is -2.37. The number of carboxylic acid groups (broad SMARTS) is 1. The van der Waals surface area contributed by atoms with E-state index in [0.717, 1.165) is 19.3 Å². The monoisotopic (exact) mass is 263 g/mol. The van der Waals surface area contributed by atoms with Gasteiger partial charge in [0.05, 0.1) is 6.42 Å². The molecule has 1 unspecified atom stereocenters. The summed E-state index contributed by atoms with van der Waals surface area (Å²) in [6.07, 6.45) is 3.45. The molecule has 0 aliphatic rings. The molecule has 0 aromatic heterocycles. The van der Waals surface area contributed by atoms with Gasteiger partial charge in [-0.2, -0.15) is 0 Å². The minimum Gasteiger partial charge on any atom is -0.481 e. The molecule has 1 atom stereocenters. The van der Waals surface area contributed by atoms with Crippen molar-refractivity contribution >= 4 is 11.7 Å². The van der Waals surface area contributed by atoms with Gasteiger partial charge in [-0.05, 0) is 31.4 Å². The van der Waals surface area contributed by atoms with Crippen molar-refractivity contribution in [1.82, 2.24) is 0 Å². The van der Waals surface area contributed by atoms with E-state index in [2.05, 4.69) is 37.8 Å². The number of hydrogen-bond donors (Lipinski definition) is 1. The van der Waals surface area contributed by atoms with E-state index in [0.29, 0.717) is 12.6 Å². The van der Waals surface area contributed by atoms with E-state index in [1.54, 1.807) is 0 Å². The van der Waals surface area contributed by atoms with Gasteiger partial charge in [0.15, 0.2) is 0 Å². The number of anilines is 1. The highest BCUT2D eigenvalue weighted by atomic mass is 16.4. The zero-order chi connectivity index (χ0) is 14.3. The van der Waals surface area contributed by atoms with Crippen molar-refractivity contribution in [1.29, 1.82) is 0 Å². The van der Waals surface area contributed by atoms with Crippen molar-refractivity contribution in [3.8, 4) is 0 Å². The molecule has 1 aromatic carbocycles. The molecule has 0 heterocycles. The third kappa shape index (κ3) is 4.58. The van der Waals surface area contributed by atoms with Gasteiger partial charge in [0.1, 0.15) is 0 Å². The van der Waals surface area contributed by atoms with Gasteiger partial charge in [0.2, 0.25) is 0 Å². The summed E-state index contributed by atoms with van der Waals surface area (Å²) in [7, 11) is 0. The summed E-state index contributed by atoms with van der Waals surface area (Å²) in [6, 6.07) is 8.64. The number of aliphatic carboxylic acids is 1. The molecule has 1 aromatic rings. The Bertz CT molecular complexity index is 403. The van der Waals surface area contributed by atoms with Crippen LogP contribution in [-0.4, -0.2) is 23.7 Å². The predicted molar refractivity (Wildman–Crippen MR) is 79.8 cm³/mol. The molecule has 0 spiro atoms. The highest BCUT2D eigenvalue weighted by Crippen LogP contribution is 2.25. The van der Waals surface area contributed by atoms with Gasteiger partial charge in [-0.3, -0.25) is 4.79 Å². The van der Waals surface area contributed by atoms with Gasteiger partial charge in [0, 0.05) is 18.3 Å². The van der Waals surface area contributed by atoms with E-state index in [9.17, 15) is 4.79 Å². The van der Waals surface area contributed by atoms with Crippen LogP contribution in [0, 0.1) is 6.92 Å². The molecule has 0 amide bonds. The molecule has 0 aliphatic carbocycles. The second-order valence-corrected chi connectivity index (χ2v) is 4.97. The van der Waals surface area contributed by atoms with Crippen LogP contribution in [0.2, 0.25) is 0 Å². The van der Waals surface area contributed by atoms with Crippen molar-refractivity contribution in [2.24, 2.45) is 0 Å². The fraction of sp³-hybridized carbons (Fsp3) is 0.562. The van der Waals surface area contributed by atoms with E-state index in [1.807, 2.05) is 12.1 Å². The topological polar surface area (TPSA) is 40.5 Å². The van der Waals surface area contributed by atoms with Crippen LogP contribution in [0.1, 0.15) is 45.1 Å². The number of nitrogens with zero attached hydrogens (tertiary/aromatic N) is 1. The molecule has 3 heteroatoms. The molecule has 0 saturated carbocycles. The lowest BCUT2D eigenvalue weighted by atomic mass is 10.0. The Hall–Kier alpha value is -1.51. The Labute approximate surface area is 116 Å². The van der Waals surface area contributed by atoms with Crippen LogP contribution >= 0.6 is 0 Å². The van der Waals surface area contributed by atoms with Crippen LogP contribution in [0.4, 0.5) is 5.69 Å². The maximum atomic E-state index is 10.9. The number of rotatable bonds is 8. The molecular weight excluding hydrogens is 238 g/mol. The van der Waals surface area contributed by atoms with E-state index < -0.39 is 5.97 Å². The average molecular weight is 263 g/mol. The lowest BCUT2D eigenvalue weighted by Gasteiger charge is -2.34. The van der Waals surface area contributed by atoms with Crippen molar-refractivity contribution in [2.45, 2.75) is 52.5 Å². The minimum absolute atomic E-state index is 0.189. The molecule has 1 N–H and O–H groups in total. The van der Waals surface area contributed by atoms with Crippen molar-refractivity contribution in [2.75, 3.05) is 11.4 Å². The molecule has 1 rings (SSSR count). The number of aryl methyl sites for hydroxylation is 1. The van der Waals surface area contributed by atoms with Gasteiger partial charge >= 0.3 is 5.97 Å². The number of carbonyl (C=O) groups is 1. The average Bonchev–Trinajstić information content (AvgIpc) is 2.39. The molecule has 0 saturated heterocycles. The predicted octanol–water partition coefficient (Wildman–Crippen LogP) is 3.85. The summed E-state index contributed by atoms with van der Waals surface area (Å²) >= 11 is 0. The van der Waals surface area contributed by atoms with Crippen LogP contribution in [0.15, 0.2) is 24.3 Å². The molecule has 0 bridgehead atoms. The molecule has 0 fully saturated rings. The van der Waals surface area contributed by atoms with Gasteiger partial charge < -0.3 is 10.0 Å². The van der Waals surface area contributed by atoms with Crippen LogP contribution in [0.3, 0.4) is 0 Å². The quantitative estimate of drug-likeness (QED) is 0.774. The number of carboxylic acids is 1. The van der Waals surface area contributed by atoms with Gasteiger partial charge in [0.25, 0.3) is 0 Å². The van der Waals surface area contributed by atoms with E-state index >= 15 is 0 Å². The van der Waals surface area contributed by atoms with E-state index in [-0.39, 0.29) is 6.42 Å². The van der Waals surface area contributed by atoms with Crippen molar-refractivity contribution in [3.63, 3.8) is 0 Å². The van der Waals surface area contributed by atoms with E-state index in [1.165, 1.54) is 11.3 Å². The molecule has 106 valence electrons. The Balaban J connectivity index is 2.96. The van der Waals surface area contributed by atoms with Gasteiger partial charge in [-0.1, -0.05) is 38.5 Å². The summed E-state index contributed by atoms with van der Waals surface area (Å²) in [5, 5.41) is 8.94. The van der Waals surface area contributed by atoms with Gasteiger partial charge in [-0.15, -0.1) is 0 Å². The first kappa shape index (κ1) is 15.5. The largest absolute Gasteiger partial charge is 0.481 e. The molecule has 19 heavy (non-hydrogen) atoms. The van der Waals surface area contributed by atoms with Crippen LogP contribution in [0.5, 0.6) is 0 Å². The maximum absolute atomic E-state index is 10.9. The summed E-state index contributed by atoms with van der Waals surface area (Å²) in [4.78, 5) is 13.1. The first-order valence-corrected chi connectivity index (χ1v) is 7.14. The Morgan fingerprint density at radius 1 is 1.32 bits per heavy atom. The first-order chi connectivity index (χ1) is 9.10. The second kappa shape index (κ2) is 7.82. The zero-order valence-electron chi connectivity index (χ0n) is 12.2. The fourth-order valence-electron chi connectivity index (χ4n) is 2.52. The second-order valence-electron chi connectivity index (χ2n) is 4.97. The highest BCUT2D eigenvalue weighted by molar-refractivity contribution is 5.68. The van der Waals surface area contributed by atoms with E-state index in [4.69, 9.17) is 5.11 Å². The Morgan fingerprint density at radius 2 is 2.00 bits per heavy atom. The summed E-state index contributed by atoms with van der Waals surface area (Å²) in [6.45, 7) is 7.02. The van der Waals surface area contributed by atoms with Crippen LogP contribution in [-0.2, 0) is 4.79 Å². The summed E-state index contributed by atoms with van der Waals surface area (Å²) < 4.78 is 0. The van der Waals surface area contributed by atoms with Crippen LogP contribution in [0.25, 0.3) is 0 Å². The van der Waals surface area contributed by atoms with Crippen LogP contribution < -0.4 is 4.90 Å². The highest BCUT2D eigenvalue weighted by Gasteiger charge is 2.18. The summed E-state index contributed by atoms with van der Waals surface area (Å²) in [5.41, 5.74) is 2.38. The smallest absolute Gasteiger partial charge is 0.305 e. The third-order valence-corrected chi connectivity index (χ3v) is 3.53. The Kier molecular flexibility index (Phi) is 6.40. The number of benzene rings is 1. The number of hydrogen-bond acceptors (Lipinski definition) is 2. The third-order valence-electron chi connectivity index (χ3n) is 3.53. The molecule has 0 aliphatic heterocycles. The van der Waals surface area contributed by atoms with Crippen molar-refractivity contribution < 1.29 is 9.90 Å². The molecule has 3 nitrogen and oxygen atoms in total. The first-order valence-electron chi connectivity index (χ1n) is 7.14. The summed E-state index contributed by atoms with van der Waals surface area (Å²) in [5.74, 6) is -0.732. The molecular formula is C16H25NO2. The van der Waals surface area contributed by atoms with Gasteiger partial charge in [-0.25, -0.2) is 0 Å². The Morgan fingerprint density at radius 3 is 2.53 bits per heavy atom. The van der Waals surface area contributed by atoms with Crippen molar-refractivity contribution in [3.05, 3.63) is 29.8 Å². The fourth-order valence-corrected chi connectivity index (χ4v) is 2.52. The number of para-hydroxylation sites is 1. The molecule has 0 radical (unpaired) electrons. The standard InChI is InChI=1S/C16H25NO2/c1-4-8-14(5-2)17(12-11-16(18)19)15-10-7-6-9-13(15)3/h6-7,9-10,14H,4-5,8,11-12H2,1-3H3,(H,18,19).